The second kappa shape index (κ2) is 9.64. The van der Waals surface area contributed by atoms with E-state index >= 15 is 0 Å². The number of nitrogens with one attached hydrogen (secondary N) is 2. The lowest BCUT2D eigenvalue weighted by Crippen LogP contribution is -2.56. The maximum absolute atomic E-state index is 14.0. The number of nitrogens with zero attached hydrogens (tertiary/aromatic N) is 3. The van der Waals surface area contributed by atoms with E-state index in [0.717, 1.165) is 0 Å². The number of hydrogen-bond donors (Lipinski definition) is 8. The topological polar surface area (TPSA) is 242 Å². The Kier molecular flexibility index (Phi) is 6.04. The Morgan fingerprint density at radius 2 is 1.57 bits per heavy atom. The molecule has 3 amide bonds. The van der Waals surface area contributed by atoms with Crippen molar-refractivity contribution in [2.45, 2.75) is 37.1 Å². The number of aromatic hydroxyl groups is 2. The molecule has 4 heterocycles. The number of para-hydroxylation sites is 2. The number of ether oxygens (including phenoxy) is 1. The third kappa shape index (κ3) is 3.51. The van der Waals surface area contributed by atoms with Crippen LogP contribution in [0.15, 0.2) is 36.4 Å². The zero-order valence-electron chi connectivity index (χ0n) is 22.4. The van der Waals surface area contributed by atoms with Crippen LogP contribution in [-0.4, -0.2) is 93.9 Å². The van der Waals surface area contributed by atoms with E-state index in [1.165, 1.54) is 28.8 Å². The molecule has 1 fully saturated rings. The Balaban J connectivity index is 1.67. The number of amides is 3. The molecular weight excluding hydrogens is 578 g/mol. The maximum Gasteiger partial charge on any atom is 0.281 e. The summed E-state index contributed by atoms with van der Waals surface area (Å²) in [5, 5.41) is 74.2. The molecule has 15 nitrogen and oxygen atoms in total. The fourth-order valence-electron chi connectivity index (χ4n) is 6.36. The molecule has 0 saturated carbocycles. The number of phenols is 2. The molecule has 2 aliphatic heterocycles. The number of fused-ring (bicyclic) bond motifs is 10. The van der Waals surface area contributed by atoms with Crippen LogP contribution < -0.4 is 5.43 Å². The van der Waals surface area contributed by atoms with Crippen LogP contribution in [0.1, 0.15) is 33.4 Å². The van der Waals surface area contributed by atoms with Gasteiger partial charge in [0.15, 0.2) is 6.23 Å². The van der Waals surface area contributed by atoms with Gasteiger partial charge in [0.1, 0.15) is 42.3 Å². The number of hydrazine groups is 1. The molecule has 0 spiro atoms. The van der Waals surface area contributed by atoms with Gasteiger partial charge in [-0.05, 0) is 12.1 Å². The van der Waals surface area contributed by atoms with Crippen molar-refractivity contribution in [3.63, 3.8) is 0 Å². The molecule has 5 atom stereocenters. The zero-order chi connectivity index (χ0) is 31.2. The summed E-state index contributed by atoms with van der Waals surface area (Å²) in [6, 6.07) is 10.5. The molecule has 0 bridgehead atoms. The largest absolute Gasteiger partial charge is 0.506 e. The molecule has 2 aliphatic rings. The van der Waals surface area contributed by atoms with Crippen LogP contribution in [0.25, 0.3) is 43.6 Å². The van der Waals surface area contributed by atoms with Gasteiger partial charge < -0.3 is 44.9 Å². The van der Waals surface area contributed by atoms with Crippen molar-refractivity contribution in [1.29, 1.82) is 5.26 Å². The molecule has 7 rings (SSSR count). The monoisotopic (exact) mass is 601 g/mol. The predicted molar refractivity (Wildman–Crippen MR) is 150 cm³/mol. The van der Waals surface area contributed by atoms with Gasteiger partial charge in [-0.15, -0.1) is 0 Å². The smallest absolute Gasteiger partial charge is 0.281 e. The van der Waals surface area contributed by atoms with E-state index in [1.54, 1.807) is 18.2 Å². The summed E-state index contributed by atoms with van der Waals surface area (Å²) in [7, 11) is 0. The van der Waals surface area contributed by atoms with Crippen molar-refractivity contribution in [3.8, 4) is 17.6 Å². The van der Waals surface area contributed by atoms with Crippen LogP contribution in [-0.2, 0) is 9.53 Å². The Morgan fingerprint density at radius 3 is 2.25 bits per heavy atom. The van der Waals surface area contributed by atoms with Gasteiger partial charge in [-0.2, -0.15) is 10.3 Å². The Bertz CT molecular complexity index is 2130. The summed E-state index contributed by atoms with van der Waals surface area (Å²) in [4.78, 5) is 43.3. The first kappa shape index (κ1) is 27.6. The van der Waals surface area contributed by atoms with Crippen molar-refractivity contribution in [1.82, 2.24) is 20.0 Å². The highest BCUT2D eigenvalue weighted by atomic mass is 16.6. The van der Waals surface area contributed by atoms with Crippen molar-refractivity contribution < 1.29 is 49.8 Å². The lowest BCUT2D eigenvalue weighted by atomic mass is 9.96. The Labute approximate surface area is 245 Å². The number of benzene rings is 3. The summed E-state index contributed by atoms with van der Waals surface area (Å²) in [6.45, 7) is -0.736. The van der Waals surface area contributed by atoms with Gasteiger partial charge in [-0.25, -0.2) is 0 Å². The minimum atomic E-state index is -1.81. The first-order chi connectivity index (χ1) is 21.1. The molecule has 2 aromatic heterocycles. The van der Waals surface area contributed by atoms with Gasteiger partial charge in [0.05, 0.1) is 45.9 Å². The van der Waals surface area contributed by atoms with Crippen LogP contribution in [0.5, 0.6) is 11.5 Å². The summed E-state index contributed by atoms with van der Waals surface area (Å²) in [6.07, 6.45) is -8.82. The molecule has 8 N–H and O–H groups in total. The van der Waals surface area contributed by atoms with E-state index in [-0.39, 0.29) is 60.9 Å². The molecule has 3 aromatic carbocycles. The van der Waals surface area contributed by atoms with Crippen LogP contribution >= 0.6 is 0 Å². The normalized spacial score (nSPS) is 23.6. The first-order valence-electron chi connectivity index (χ1n) is 13.4. The lowest BCUT2D eigenvalue weighted by molar-refractivity contribution is -0.249. The highest BCUT2D eigenvalue weighted by molar-refractivity contribution is 6.39. The van der Waals surface area contributed by atoms with E-state index in [0.29, 0.717) is 10.4 Å². The first-order valence-corrected chi connectivity index (χ1v) is 13.4. The zero-order valence-corrected chi connectivity index (χ0v) is 22.4. The Hall–Kier alpha value is -5.24. The van der Waals surface area contributed by atoms with E-state index in [2.05, 4.69) is 10.4 Å². The number of hydrogen-bond acceptors (Lipinski definition) is 11. The number of carbonyl (C=O) groups excluding carboxylic acids is 3. The third-order valence-corrected chi connectivity index (χ3v) is 8.23. The van der Waals surface area contributed by atoms with Crippen molar-refractivity contribution in [3.05, 3.63) is 47.5 Å². The van der Waals surface area contributed by atoms with Gasteiger partial charge in [-0.3, -0.25) is 19.8 Å². The number of carbonyl (C=O) groups is 3. The van der Waals surface area contributed by atoms with Gasteiger partial charge in [0.25, 0.3) is 17.7 Å². The predicted octanol–water partition coefficient (Wildman–Crippen LogP) is 0.353. The van der Waals surface area contributed by atoms with E-state index < -0.39 is 61.4 Å². The molecule has 44 heavy (non-hydrogen) atoms. The van der Waals surface area contributed by atoms with Crippen molar-refractivity contribution in [2.75, 3.05) is 6.61 Å². The molecule has 224 valence electrons. The summed E-state index contributed by atoms with van der Waals surface area (Å²) in [5.74, 6) is -3.31. The van der Waals surface area contributed by atoms with Crippen molar-refractivity contribution >= 4 is 61.3 Å². The molecule has 0 radical (unpaired) electrons. The van der Waals surface area contributed by atoms with E-state index in [1.807, 2.05) is 0 Å². The highest BCUT2D eigenvalue weighted by Gasteiger charge is 2.47. The van der Waals surface area contributed by atoms with E-state index in [9.17, 15) is 45.0 Å². The third-order valence-electron chi connectivity index (χ3n) is 8.23. The summed E-state index contributed by atoms with van der Waals surface area (Å²) in [5.41, 5.74) is 2.30. The lowest BCUT2D eigenvalue weighted by Gasteiger charge is -2.41. The van der Waals surface area contributed by atoms with Gasteiger partial charge in [-0.1, -0.05) is 24.3 Å². The van der Waals surface area contributed by atoms with Crippen LogP contribution in [0.2, 0.25) is 0 Å². The minimum absolute atomic E-state index is 0.0108. The van der Waals surface area contributed by atoms with Crippen molar-refractivity contribution in [2.24, 2.45) is 0 Å². The number of rotatable bonds is 4. The molecule has 15 heteroatoms. The fraction of sp³-hybridized carbons (Fsp3) is 0.241. The molecular formula is C29H23N5O10. The van der Waals surface area contributed by atoms with Gasteiger partial charge in [0.2, 0.25) is 0 Å². The number of aliphatic hydroxyl groups excluding tert-OH is 4. The maximum atomic E-state index is 14.0. The minimum Gasteiger partial charge on any atom is -0.506 e. The number of imide groups is 1. The number of nitriles is 1. The number of aromatic nitrogens is 2. The second-order valence-corrected chi connectivity index (χ2v) is 10.6. The highest BCUT2D eigenvalue weighted by Crippen LogP contribution is 2.49. The Morgan fingerprint density at radius 1 is 0.909 bits per heavy atom. The fourth-order valence-corrected chi connectivity index (χ4v) is 6.36. The van der Waals surface area contributed by atoms with Gasteiger partial charge >= 0.3 is 0 Å². The quantitative estimate of drug-likeness (QED) is 0.131. The summed E-state index contributed by atoms with van der Waals surface area (Å²) >= 11 is 0. The average molecular weight is 602 g/mol. The molecule has 0 aliphatic carbocycles. The number of aliphatic hydroxyl groups is 4. The SMILES string of the molecule is N#CCC(=O)NN1C(=O)c2c(c3c4cccc(O)c4n(C4OC(CO)C(O)C(O)C4O)c3c3[nH]c4c(O)cccc4c23)C1=O. The average Bonchev–Trinajstić information content (AvgIpc) is 3.63. The summed E-state index contributed by atoms with van der Waals surface area (Å²) < 4.78 is 7.19. The molecule has 5 aromatic rings. The number of aromatic amines is 1. The second-order valence-electron chi connectivity index (χ2n) is 10.6. The molecule has 1 saturated heterocycles. The van der Waals surface area contributed by atoms with Crippen LogP contribution in [0.3, 0.4) is 0 Å². The van der Waals surface area contributed by atoms with E-state index in [4.69, 9.17) is 10.00 Å². The molecule has 5 unspecified atom stereocenters. The number of phenolic OH excluding ortho intramolecular Hbond substituents is 2. The van der Waals surface area contributed by atoms with Crippen LogP contribution in [0.4, 0.5) is 0 Å². The van der Waals surface area contributed by atoms with Gasteiger partial charge in [0, 0.05) is 21.5 Å². The standard InChI is InChI=1S/C29H23N5O10/c30-8-7-15(38)32-34-27(42)18-16-10-3-1-5-12(36)20(10)31-21(16)23-17(19(18)28(34)43)11-4-2-6-13(37)22(11)33(23)29-26(41)25(40)24(39)14(9-35)44-29/h1-6,14,24-26,29,31,35-37,39-41H,7,9H2,(H,32,38). The number of H-pyrrole nitrogens is 1. The van der Waals surface area contributed by atoms with Crippen LogP contribution in [0, 0.1) is 11.3 Å².